The molecule has 0 amide bonds. The van der Waals surface area contributed by atoms with Crippen molar-refractivity contribution in [3.05, 3.63) is 12.2 Å². The molecule has 0 aliphatic heterocycles. The van der Waals surface area contributed by atoms with Crippen molar-refractivity contribution < 1.29 is 0 Å². The third kappa shape index (κ3) is 1.61. The summed E-state index contributed by atoms with van der Waals surface area (Å²) in [6, 6.07) is 0.582. The maximum atomic E-state index is 6.96. The largest absolute Gasteiger partial charge is 0.327 e. The van der Waals surface area contributed by atoms with E-state index in [1.807, 2.05) is 0 Å². The molecule has 0 aromatic carbocycles. The summed E-state index contributed by atoms with van der Waals surface area (Å²) in [6.45, 7) is 7.26. The molecule has 4 aliphatic carbocycles. The fourth-order valence-corrected chi connectivity index (χ4v) is 7.08. The summed E-state index contributed by atoms with van der Waals surface area (Å²) >= 11 is 0. The molecule has 1 spiro atoms. The van der Waals surface area contributed by atoms with Crippen LogP contribution in [0.2, 0.25) is 0 Å². The maximum absolute atomic E-state index is 6.96. The first-order valence-corrected chi connectivity index (χ1v) is 9.12. The molecular weight excluding hydrogens is 256 g/mol. The number of fused-ring (bicyclic) bond motifs is 3. The van der Waals surface area contributed by atoms with Crippen molar-refractivity contribution in [2.45, 2.75) is 65.0 Å². The lowest BCUT2D eigenvalue weighted by molar-refractivity contribution is 0.116. The molecule has 0 aromatic rings. The van der Waals surface area contributed by atoms with Crippen molar-refractivity contribution in [1.82, 2.24) is 0 Å². The second-order valence-corrected chi connectivity index (χ2v) is 9.00. The van der Waals surface area contributed by atoms with Crippen LogP contribution in [-0.2, 0) is 0 Å². The van der Waals surface area contributed by atoms with Crippen LogP contribution in [0.15, 0.2) is 12.2 Å². The van der Waals surface area contributed by atoms with Crippen LogP contribution >= 0.6 is 0 Å². The lowest BCUT2D eigenvalue weighted by Crippen LogP contribution is -2.47. The summed E-state index contributed by atoms with van der Waals surface area (Å²) in [5.74, 6) is 3.61. The average Bonchev–Trinajstić information content (AvgIpc) is 2.86. The Labute approximate surface area is 129 Å². The van der Waals surface area contributed by atoms with Gasteiger partial charge < -0.3 is 11.5 Å². The van der Waals surface area contributed by atoms with Crippen LogP contribution in [0, 0.1) is 40.4 Å². The zero-order chi connectivity index (χ0) is 15.0. The quantitative estimate of drug-likeness (QED) is 0.727. The Bertz CT molecular complexity index is 472. The van der Waals surface area contributed by atoms with Gasteiger partial charge in [-0.05, 0) is 66.1 Å². The van der Waals surface area contributed by atoms with Gasteiger partial charge in [0.2, 0.25) is 0 Å². The molecule has 0 aromatic heterocycles. The minimum absolute atomic E-state index is 0.212. The molecule has 9 unspecified atom stereocenters. The Morgan fingerprint density at radius 1 is 1.19 bits per heavy atom. The average molecular weight is 288 g/mol. The van der Waals surface area contributed by atoms with Crippen molar-refractivity contribution in [3.8, 4) is 0 Å². The first kappa shape index (κ1) is 14.3. The second-order valence-electron chi connectivity index (χ2n) is 9.00. The molecule has 2 nitrogen and oxygen atoms in total. The standard InChI is InChI=1S/C19H32N2/c1-4-18(3)10-19-9-12(18)5-7-14(19)13-6-8-15(20)11(2)16(13)17(19)21/h6,8,11-17H,4-5,7,9-10,20-21H2,1-3H3. The minimum Gasteiger partial charge on any atom is -0.327 e. The molecule has 0 radical (unpaired) electrons. The zero-order valence-electron chi connectivity index (χ0n) is 13.9. The molecule has 2 heteroatoms. The van der Waals surface area contributed by atoms with E-state index in [1.54, 1.807) is 0 Å². The Kier molecular flexibility index (Phi) is 2.96. The molecule has 3 saturated carbocycles. The molecule has 118 valence electrons. The topological polar surface area (TPSA) is 52.0 Å². The third-order valence-corrected chi connectivity index (χ3v) is 8.47. The van der Waals surface area contributed by atoms with Crippen LogP contribution < -0.4 is 11.5 Å². The van der Waals surface area contributed by atoms with Crippen LogP contribution in [0.25, 0.3) is 0 Å². The number of hydrogen-bond acceptors (Lipinski definition) is 2. The highest BCUT2D eigenvalue weighted by Gasteiger charge is 2.67. The SMILES string of the molecule is CCC1(C)CC23CC1CCC2C1C=CC(N)C(C)C1C3N. The number of rotatable bonds is 1. The van der Waals surface area contributed by atoms with E-state index in [9.17, 15) is 0 Å². The molecule has 9 atom stereocenters. The van der Waals surface area contributed by atoms with Gasteiger partial charge in [0, 0.05) is 12.1 Å². The molecule has 4 aliphatic rings. The van der Waals surface area contributed by atoms with Crippen molar-refractivity contribution in [2.24, 2.45) is 51.9 Å². The van der Waals surface area contributed by atoms with Crippen LogP contribution in [0.3, 0.4) is 0 Å². The maximum Gasteiger partial charge on any atom is 0.0253 e. The summed E-state index contributed by atoms with van der Waals surface area (Å²) in [7, 11) is 0. The van der Waals surface area contributed by atoms with E-state index in [2.05, 4.69) is 32.9 Å². The first-order valence-electron chi connectivity index (χ1n) is 9.12. The van der Waals surface area contributed by atoms with E-state index >= 15 is 0 Å². The summed E-state index contributed by atoms with van der Waals surface area (Å²) in [6.07, 6.45) is 11.7. The second kappa shape index (κ2) is 4.35. The summed E-state index contributed by atoms with van der Waals surface area (Å²) in [5, 5.41) is 0. The molecule has 0 heterocycles. The predicted molar refractivity (Wildman–Crippen MR) is 87.5 cm³/mol. The van der Waals surface area contributed by atoms with Gasteiger partial charge in [-0.1, -0.05) is 39.3 Å². The van der Waals surface area contributed by atoms with E-state index in [1.165, 1.54) is 32.1 Å². The monoisotopic (exact) mass is 288 g/mol. The van der Waals surface area contributed by atoms with Crippen LogP contribution in [0.4, 0.5) is 0 Å². The van der Waals surface area contributed by atoms with Gasteiger partial charge in [-0.3, -0.25) is 0 Å². The molecular formula is C19H32N2. The summed E-state index contributed by atoms with van der Waals surface area (Å²) in [4.78, 5) is 0. The van der Waals surface area contributed by atoms with Gasteiger partial charge in [0.25, 0.3) is 0 Å². The Hall–Kier alpha value is -0.340. The van der Waals surface area contributed by atoms with E-state index < -0.39 is 0 Å². The first-order chi connectivity index (χ1) is 9.93. The van der Waals surface area contributed by atoms with Gasteiger partial charge >= 0.3 is 0 Å². The lowest BCUT2D eigenvalue weighted by atomic mass is 9.66. The molecule has 0 saturated heterocycles. The van der Waals surface area contributed by atoms with Gasteiger partial charge in [0.1, 0.15) is 0 Å². The minimum atomic E-state index is 0.212. The number of nitrogens with two attached hydrogens (primary N) is 2. The van der Waals surface area contributed by atoms with Gasteiger partial charge in [-0.2, -0.15) is 0 Å². The van der Waals surface area contributed by atoms with Crippen LogP contribution in [0.1, 0.15) is 52.9 Å². The van der Waals surface area contributed by atoms with Crippen molar-refractivity contribution >= 4 is 0 Å². The Balaban J connectivity index is 1.76. The smallest absolute Gasteiger partial charge is 0.0253 e. The van der Waals surface area contributed by atoms with Crippen molar-refractivity contribution in [2.75, 3.05) is 0 Å². The fourth-order valence-electron chi connectivity index (χ4n) is 7.08. The fraction of sp³-hybridized carbons (Fsp3) is 0.895. The highest BCUT2D eigenvalue weighted by Crippen LogP contribution is 2.71. The van der Waals surface area contributed by atoms with Crippen molar-refractivity contribution in [1.29, 1.82) is 0 Å². The van der Waals surface area contributed by atoms with Gasteiger partial charge in [0.05, 0.1) is 0 Å². The van der Waals surface area contributed by atoms with E-state index in [4.69, 9.17) is 11.5 Å². The normalized spacial score (nSPS) is 61.7. The summed E-state index contributed by atoms with van der Waals surface area (Å²) < 4.78 is 0. The van der Waals surface area contributed by atoms with E-state index in [0.717, 1.165) is 11.8 Å². The molecule has 21 heavy (non-hydrogen) atoms. The predicted octanol–water partition coefficient (Wildman–Crippen LogP) is 3.32. The van der Waals surface area contributed by atoms with Crippen LogP contribution in [-0.4, -0.2) is 12.1 Å². The Morgan fingerprint density at radius 2 is 1.95 bits per heavy atom. The number of hydrogen-bond donors (Lipinski definition) is 2. The Morgan fingerprint density at radius 3 is 2.67 bits per heavy atom. The molecule has 4 rings (SSSR count). The highest BCUT2D eigenvalue weighted by molar-refractivity contribution is 5.24. The highest BCUT2D eigenvalue weighted by atomic mass is 14.8. The van der Waals surface area contributed by atoms with E-state index in [0.29, 0.717) is 34.6 Å². The van der Waals surface area contributed by atoms with Gasteiger partial charge in [-0.15, -0.1) is 0 Å². The molecule has 3 fully saturated rings. The molecule has 4 N–H and O–H groups in total. The van der Waals surface area contributed by atoms with Gasteiger partial charge in [-0.25, -0.2) is 0 Å². The number of allylic oxidation sites excluding steroid dienone is 1. The van der Waals surface area contributed by atoms with Crippen LogP contribution in [0.5, 0.6) is 0 Å². The zero-order valence-corrected chi connectivity index (χ0v) is 13.9. The third-order valence-electron chi connectivity index (χ3n) is 8.47. The van der Waals surface area contributed by atoms with Gasteiger partial charge in [0.15, 0.2) is 0 Å². The lowest BCUT2D eigenvalue weighted by Gasteiger charge is -2.40. The van der Waals surface area contributed by atoms with Crippen molar-refractivity contribution in [3.63, 3.8) is 0 Å². The summed E-state index contributed by atoms with van der Waals surface area (Å²) in [5.41, 5.74) is 14.2. The van der Waals surface area contributed by atoms with E-state index in [-0.39, 0.29) is 6.04 Å². The molecule has 2 bridgehead atoms.